The molecular weight excluding hydrogens is 172 g/mol. The average molecular weight is 196 g/mol. The Morgan fingerprint density at radius 3 is 1.92 bits per heavy atom. The Morgan fingerprint density at radius 1 is 1.08 bits per heavy atom. The summed E-state index contributed by atoms with van der Waals surface area (Å²) in [5.74, 6) is 0. The molecular formula is C12H24Si. The lowest BCUT2D eigenvalue weighted by Gasteiger charge is -2.32. The van der Waals surface area contributed by atoms with E-state index in [2.05, 4.69) is 26.6 Å². The zero-order valence-electron chi connectivity index (χ0n) is 9.53. The molecule has 1 heteroatoms. The van der Waals surface area contributed by atoms with E-state index in [0.29, 0.717) is 0 Å². The second-order valence-corrected chi connectivity index (χ2v) is 10.3. The molecule has 0 heterocycles. The van der Waals surface area contributed by atoms with Crippen molar-refractivity contribution in [2.45, 2.75) is 64.1 Å². The molecule has 1 fully saturated rings. The van der Waals surface area contributed by atoms with E-state index < -0.39 is 8.07 Å². The van der Waals surface area contributed by atoms with Crippen molar-refractivity contribution in [3.8, 4) is 0 Å². The summed E-state index contributed by atoms with van der Waals surface area (Å²) in [6, 6.07) is 0. The van der Waals surface area contributed by atoms with Crippen LogP contribution in [0.5, 0.6) is 0 Å². The van der Waals surface area contributed by atoms with E-state index in [1.165, 1.54) is 43.7 Å². The van der Waals surface area contributed by atoms with Gasteiger partial charge in [0.25, 0.3) is 0 Å². The summed E-state index contributed by atoms with van der Waals surface area (Å²) in [4.78, 5) is 0. The molecule has 0 amide bonds. The fraction of sp³-hybridized carbons (Fsp3) is 0.833. The van der Waals surface area contributed by atoms with Crippen LogP contribution in [0.15, 0.2) is 11.8 Å². The quantitative estimate of drug-likeness (QED) is 0.449. The molecule has 0 nitrogen and oxygen atoms in total. The molecule has 0 aromatic carbocycles. The minimum Gasteiger partial charge on any atom is -0.104 e. The summed E-state index contributed by atoms with van der Waals surface area (Å²) < 4.78 is 0. The van der Waals surface area contributed by atoms with E-state index in [9.17, 15) is 0 Å². The Labute approximate surface area is 84.4 Å². The molecule has 1 saturated carbocycles. The highest BCUT2D eigenvalue weighted by molar-refractivity contribution is 6.85. The van der Waals surface area contributed by atoms with Crippen LogP contribution < -0.4 is 0 Å². The summed E-state index contributed by atoms with van der Waals surface area (Å²) in [5.41, 5.74) is 1.02. The number of hydrogen-bond donors (Lipinski definition) is 0. The van der Waals surface area contributed by atoms with Gasteiger partial charge in [0.15, 0.2) is 0 Å². The summed E-state index contributed by atoms with van der Waals surface area (Å²) >= 11 is 0. The smallest absolute Gasteiger partial charge is 0.0773 e. The number of rotatable bonds is 2. The van der Waals surface area contributed by atoms with E-state index in [4.69, 9.17) is 0 Å². The van der Waals surface area contributed by atoms with Crippen LogP contribution in [0.4, 0.5) is 0 Å². The van der Waals surface area contributed by atoms with Gasteiger partial charge in [-0.3, -0.25) is 0 Å². The second kappa shape index (κ2) is 4.45. The highest BCUT2D eigenvalue weighted by Gasteiger charge is 2.32. The lowest BCUT2D eigenvalue weighted by atomic mass is 10.2. The first-order valence-corrected chi connectivity index (χ1v) is 8.79. The molecule has 0 atom stereocenters. The topological polar surface area (TPSA) is 0 Å². The summed E-state index contributed by atoms with van der Waals surface area (Å²) in [6.45, 7) is 11.5. The Balaban J connectivity index is 2.62. The van der Waals surface area contributed by atoms with E-state index in [1.54, 1.807) is 0 Å². The van der Waals surface area contributed by atoms with Gasteiger partial charge in [-0.25, -0.2) is 0 Å². The third-order valence-corrected chi connectivity index (χ3v) is 8.79. The van der Waals surface area contributed by atoms with Crippen molar-refractivity contribution in [2.24, 2.45) is 0 Å². The lowest BCUT2D eigenvalue weighted by molar-refractivity contribution is 0.677. The SMILES string of the molecule is C=C(C)[Si](C)(C)C1CCCCCC1. The molecule has 0 saturated heterocycles. The van der Waals surface area contributed by atoms with Gasteiger partial charge in [0.2, 0.25) is 0 Å². The van der Waals surface area contributed by atoms with E-state index in [0.717, 1.165) is 5.54 Å². The van der Waals surface area contributed by atoms with E-state index >= 15 is 0 Å². The molecule has 0 aromatic heterocycles. The maximum atomic E-state index is 4.19. The van der Waals surface area contributed by atoms with Crippen molar-refractivity contribution in [1.82, 2.24) is 0 Å². The van der Waals surface area contributed by atoms with Crippen molar-refractivity contribution in [3.63, 3.8) is 0 Å². The number of hydrogen-bond acceptors (Lipinski definition) is 0. The molecule has 0 aliphatic heterocycles. The fourth-order valence-electron chi connectivity index (χ4n) is 2.35. The minimum absolute atomic E-state index is 1.02. The van der Waals surface area contributed by atoms with Gasteiger partial charge in [-0.1, -0.05) is 56.8 Å². The Hall–Kier alpha value is -0.0431. The lowest BCUT2D eigenvalue weighted by Crippen LogP contribution is -2.33. The zero-order chi connectivity index (χ0) is 9.90. The minimum atomic E-state index is -1.11. The average Bonchev–Trinajstić information content (AvgIpc) is 2.31. The van der Waals surface area contributed by atoms with Crippen LogP contribution in [-0.4, -0.2) is 8.07 Å². The predicted octanol–water partition coefficient (Wildman–Crippen LogP) is 4.53. The van der Waals surface area contributed by atoms with Crippen LogP contribution in [0.25, 0.3) is 0 Å². The van der Waals surface area contributed by atoms with Gasteiger partial charge >= 0.3 is 0 Å². The van der Waals surface area contributed by atoms with Crippen molar-refractivity contribution in [3.05, 3.63) is 11.8 Å². The third-order valence-electron chi connectivity index (χ3n) is 3.98. The molecule has 0 bridgehead atoms. The van der Waals surface area contributed by atoms with E-state index in [1.807, 2.05) is 0 Å². The molecule has 1 rings (SSSR count). The van der Waals surface area contributed by atoms with Gasteiger partial charge in [-0.05, 0) is 12.5 Å². The molecule has 1 aliphatic carbocycles. The van der Waals surface area contributed by atoms with Gasteiger partial charge < -0.3 is 0 Å². The summed E-state index contributed by atoms with van der Waals surface area (Å²) in [6.07, 6.45) is 8.83. The highest BCUT2D eigenvalue weighted by atomic mass is 28.3. The molecule has 76 valence electrons. The van der Waals surface area contributed by atoms with Crippen LogP contribution in [0.2, 0.25) is 18.6 Å². The predicted molar refractivity (Wildman–Crippen MR) is 63.7 cm³/mol. The van der Waals surface area contributed by atoms with Crippen molar-refractivity contribution >= 4 is 8.07 Å². The van der Waals surface area contributed by atoms with Crippen molar-refractivity contribution in [2.75, 3.05) is 0 Å². The Kier molecular flexibility index (Phi) is 3.78. The molecule has 0 spiro atoms. The Bertz CT molecular complexity index is 174. The molecule has 0 radical (unpaired) electrons. The summed E-state index contributed by atoms with van der Waals surface area (Å²) in [7, 11) is -1.11. The van der Waals surface area contributed by atoms with Gasteiger partial charge in [0.05, 0.1) is 8.07 Å². The van der Waals surface area contributed by atoms with Crippen LogP contribution in [-0.2, 0) is 0 Å². The largest absolute Gasteiger partial charge is 0.104 e. The normalized spacial score (nSPS) is 21.2. The molecule has 1 aliphatic rings. The number of allylic oxidation sites excluding steroid dienone is 1. The monoisotopic (exact) mass is 196 g/mol. The molecule has 0 aromatic rings. The van der Waals surface area contributed by atoms with Crippen LogP contribution in [0, 0.1) is 0 Å². The Morgan fingerprint density at radius 2 is 1.54 bits per heavy atom. The zero-order valence-corrected chi connectivity index (χ0v) is 10.5. The highest BCUT2D eigenvalue weighted by Crippen LogP contribution is 2.38. The maximum Gasteiger partial charge on any atom is 0.0773 e. The molecule has 13 heavy (non-hydrogen) atoms. The first-order valence-electron chi connectivity index (χ1n) is 5.71. The fourth-order valence-corrected chi connectivity index (χ4v) is 4.90. The van der Waals surface area contributed by atoms with Crippen LogP contribution >= 0.6 is 0 Å². The van der Waals surface area contributed by atoms with Gasteiger partial charge in [-0.2, -0.15) is 0 Å². The van der Waals surface area contributed by atoms with Crippen molar-refractivity contribution < 1.29 is 0 Å². The molecule has 0 N–H and O–H groups in total. The van der Waals surface area contributed by atoms with Crippen molar-refractivity contribution in [1.29, 1.82) is 0 Å². The first kappa shape index (κ1) is 11.0. The van der Waals surface area contributed by atoms with Crippen LogP contribution in [0.1, 0.15) is 45.4 Å². The third kappa shape index (κ3) is 2.70. The standard InChI is InChI=1S/C12H24Si/c1-11(2)13(3,4)12-9-7-5-6-8-10-12/h12H,1,5-10H2,2-4H3. The second-order valence-electron chi connectivity index (χ2n) is 5.19. The van der Waals surface area contributed by atoms with E-state index in [-0.39, 0.29) is 0 Å². The molecule has 0 unspecified atom stereocenters. The van der Waals surface area contributed by atoms with Crippen LogP contribution in [0.3, 0.4) is 0 Å². The van der Waals surface area contributed by atoms with Gasteiger partial charge in [0, 0.05) is 0 Å². The van der Waals surface area contributed by atoms with Gasteiger partial charge in [-0.15, -0.1) is 6.58 Å². The first-order chi connectivity index (χ1) is 6.05. The summed E-state index contributed by atoms with van der Waals surface area (Å²) in [5, 5.41) is 1.50. The maximum absolute atomic E-state index is 4.19. The van der Waals surface area contributed by atoms with Gasteiger partial charge in [0.1, 0.15) is 0 Å².